The van der Waals surface area contributed by atoms with Gasteiger partial charge in [0.25, 0.3) is 0 Å². The van der Waals surface area contributed by atoms with Crippen LogP contribution in [0.4, 0.5) is 4.79 Å². The third kappa shape index (κ3) is 13.5. The van der Waals surface area contributed by atoms with Gasteiger partial charge in [0.1, 0.15) is 25.2 Å². The normalized spacial score (nSPS) is 12.3. The Labute approximate surface area is 366 Å². The van der Waals surface area contributed by atoms with Crippen LogP contribution in [-0.4, -0.2) is 76.7 Å². The molecule has 322 valence electrons. The summed E-state index contributed by atoms with van der Waals surface area (Å²) in [4.78, 5) is 62.8. The molecule has 5 N–H and O–H groups in total. The SMILES string of the molecule is O=C(CN(Cc1ccccc1)C(=O)OCC1c2ccccc2-c2ccccc21)N[C@@H](Cc1ccccc1)C(=O)O.O=C(CNCc1ccccc1)N[C@@H](Cc1ccccc1)C(=O)O. The molecule has 0 unspecified atom stereocenters. The van der Waals surface area contributed by atoms with E-state index in [2.05, 4.69) is 28.1 Å². The second kappa shape index (κ2) is 22.9. The van der Waals surface area contributed by atoms with Crippen molar-refractivity contribution in [2.75, 3.05) is 19.7 Å². The number of fused-ring (bicyclic) bond motifs is 3. The third-order valence-electron chi connectivity index (χ3n) is 10.4. The van der Waals surface area contributed by atoms with Crippen molar-refractivity contribution in [3.63, 3.8) is 0 Å². The Hall–Kier alpha value is -7.57. The van der Waals surface area contributed by atoms with E-state index in [0.29, 0.717) is 6.54 Å². The summed E-state index contributed by atoms with van der Waals surface area (Å²) >= 11 is 0. The first-order chi connectivity index (χ1) is 30.6. The maximum atomic E-state index is 13.4. The van der Waals surface area contributed by atoms with Crippen LogP contribution in [0.5, 0.6) is 0 Å². The highest BCUT2D eigenvalue weighted by Gasteiger charge is 2.31. The zero-order valence-corrected chi connectivity index (χ0v) is 34.6. The number of rotatable bonds is 18. The lowest BCUT2D eigenvalue weighted by molar-refractivity contribution is -0.142. The summed E-state index contributed by atoms with van der Waals surface area (Å²) in [6.45, 7) is 0.551. The Balaban J connectivity index is 0.000000244. The summed E-state index contributed by atoms with van der Waals surface area (Å²) < 4.78 is 5.81. The largest absolute Gasteiger partial charge is 0.480 e. The fraction of sp³-hybridized carbons (Fsp3) is 0.196. The fourth-order valence-electron chi connectivity index (χ4n) is 7.35. The number of amides is 3. The molecule has 6 aromatic rings. The van der Waals surface area contributed by atoms with Gasteiger partial charge in [-0.3, -0.25) is 14.5 Å². The number of nitrogens with one attached hydrogen (secondary N) is 3. The number of hydrogen-bond acceptors (Lipinski definition) is 7. The fourth-order valence-corrected chi connectivity index (χ4v) is 7.35. The molecular weight excluding hydrogens is 797 g/mol. The molecule has 3 amide bonds. The maximum absolute atomic E-state index is 13.4. The van der Waals surface area contributed by atoms with Gasteiger partial charge in [-0.25, -0.2) is 14.4 Å². The average Bonchev–Trinajstić information content (AvgIpc) is 3.62. The number of hydrogen-bond donors (Lipinski definition) is 5. The summed E-state index contributed by atoms with van der Waals surface area (Å²) in [6.07, 6.45) is -0.248. The molecule has 12 nitrogen and oxygen atoms in total. The number of nitrogens with zero attached hydrogens (tertiary/aromatic N) is 1. The van der Waals surface area contributed by atoms with Crippen LogP contribution in [0.1, 0.15) is 39.3 Å². The van der Waals surface area contributed by atoms with Crippen LogP contribution in [0.25, 0.3) is 11.1 Å². The second-order valence-corrected chi connectivity index (χ2v) is 15.0. The Morgan fingerprint density at radius 3 is 1.41 bits per heavy atom. The molecule has 12 heteroatoms. The van der Waals surface area contributed by atoms with E-state index in [-0.39, 0.29) is 50.9 Å². The van der Waals surface area contributed by atoms with Gasteiger partial charge in [0.15, 0.2) is 0 Å². The molecule has 0 fully saturated rings. The van der Waals surface area contributed by atoms with Crippen LogP contribution < -0.4 is 16.0 Å². The number of ether oxygens (including phenoxy) is 1. The molecule has 7 rings (SSSR count). The molecule has 0 spiro atoms. The predicted molar refractivity (Wildman–Crippen MR) is 239 cm³/mol. The smallest absolute Gasteiger partial charge is 0.410 e. The Kier molecular flexibility index (Phi) is 16.3. The predicted octanol–water partition coefficient (Wildman–Crippen LogP) is 6.84. The quantitative estimate of drug-likeness (QED) is 0.0621. The van der Waals surface area contributed by atoms with Gasteiger partial charge in [-0.2, -0.15) is 0 Å². The number of carbonyl (C=O) groups excluding carboxylic acids is 3. The first-order valence-electron chi connectivity index (χ1n) is 20.6. The molecule has 2 atom stereocenters. The molecule has 63 heavy (non-hydrogen) atoms. The zero-order chi connectivity index (χ0) is 44.4. The van der Waals surface area contributed by atoms with Gasteiger partial charge >= 0.3 is 18.0 Å². The van der Waals surface area contributed by atoms with E-state index in [1.165, 1.54) is 4.90 Å². The molecule has 6 aromatic carbocycles. The van der Waals surface area contributed by atoms with E-state index < -0.39 is 36.0 Å². The second-order valence-electron chi connectivity index (χ2n) is 15.0. The van der Waals surface area contributed by atoms with Crippen molar-refractivity contribution in [3.05, 3.63) is 203 Å². The minimum absolute atomic E-state index is 0.0768. The van der Waals surface area contributed by atoms with Crippen molar-refractivity contribution in [2.24, 2.45) is 0 Å². The van der Waals surface area contributed by atoms with Gasteiger partial charge in [-0.15, -0.1) is 0 Å². The minimum Gasteiger partial charge on any atom is -0.480 e. The van der Waals surface area contributed by atoms with E-state index in [4.69, 9.17) is 4.74 Å². The van der Waals surface area contributed by atoms with Crippen LogP contribution >= 0.6 is 0 Å². The first-order valence-corrected chi connectivity index (χ1v) is 20.6. The average molecular weight is 847 g/mol. The number of carbonyl (C=O) groups is 5. The lowest BCUT2D eigenvalue weighted by Crippen LogP contribution is -2.47. The van der Waals surface area contributed by atoms with Crippen molar-refractivity contribution < 1.29 is 38.9 Å². The Morgan fingerprint density at radius 2 is 0.937 bits per heavy atom. The summed E-state index contributed by atoms with van der Waals surface area (Å²) in [6, 6.07) is 51.4. The summed E-state index contributed by atoms with van der Waals surface area (Å²) in [5.74, 6) is -3.21. The van der Waals surface area contributed by atoms with Crippen molar-refractivity contribution in [1.82, 2.24) is 20.9 Å². The molecule has 0 bridgehead atoms. The van der Waals surface area contributed by atoms with Gasteiger partial charge in [0.2, 0.25) is 11.8 Å². The van der Waals surface area contributed by atoms with E-state index >= 15 is 0 Å². The zero-order valence-electron chi connectivity index (χ0n) is 34.6. The van der Waals surface area contributed by atoms with Gasteiger partial charge < -0.3 is 30.9 Å². The third-order valence-corrected chi connectivity index (χ3v) is 10.4. The molecule has 0 radical (unpaired) electrons. The number of carboxylic acid groups (broad SMARTS) is 2. The number of aliphatic carboxylic acids is 2. The van der Waals surface area contributed by atoms with Crippen LogP contribution in [0.3, 0.4) is 0 Å². The van der Waals surface area contributed by atoms with Gasteiger partial charge in [-0.1, -0.05) is 170 Å². The van der Waals surface area contributed by atoms with Gasteiger partial charge in [0, 0.05) is 31.8 Å². The van der Waals surface area contributed by atoms with Crippen LogP contribution in [-0.2, 0) is 49.8 Å². The molecule has 0 saturated carbocycles. The van der Waals surface area contributed by atoms with Crippen LogP contribution in [0.15, 0.2) is 170 Å². The van der Waals surface area contributed by atoms with Crippen LogP contribution in [0.2, 0.25) is 0 Å². The van der Waals surface area contributed by atoms with Crippen molar-refractivity contribution >= 4 is 29.8 Å². The van der Waals surface area contributed by atoms with Crippen molar-refractivity contribution in [3.8, 4) is 11.1 Å². The molecule has 1 aliphatic carbocycles. The summed E-state index contributed by atoms with van der Waals surface area (Å²) in [7, 11) is 0. The minimum atomic E-state index is -1.15. The maximum Gasteiger partial charge on any atom is 0.410 e. The highest BCUT2D eigenvalue weighted by molar-refractivity contribution is 5.87. The Bertz CT molecular complexity index is 2390. The molecular formula is C51H50N4O8. The van der Waals surface area contributed by atoms with E-state index in [1.54, 1.807) is 12.1 Å². The molecule has 0 aliphatic heterocycles. The summed E-state index contributed by atoms with van der Waals surface area (Å²) in [5, 5.41) is 27.1. The topological polar surface area (TPSA) is 174 Å². The lowest BCUT2D eigenvalue weighted by Gasteiger charge is -2.24. The van der Waals surface area contributed by atoms with E-state index in [0.717, 1.165) is 44.5 Å². The Morgan fingerprint density at radius 1 is 0.524 bits per heavy atom. The highest BCUT2D eigenvalue weighted by Crippen LogP contribution is 2.44. The van der Waals surface area contributed by atoms with Crippen LogP contribution in [0, 0.1) is 0 Å². The molecule has 1 aliphatic rings. The monoisotopic (exact) mass is 846 g/mol. The van der Waals surface area contributed by atoms with Crippen molar-refractivity contribution in [1.29, 1.82) is 0 Å². The van der Waals surface area contributed by atoms with Gasteiger partial charge in [-0.05, 0) is 44.5 Å². The van der Waals surface area contributed by atoms with Gasteiger partial charge in [0.05, 0.1) is 6.54 Å². The lowest BCUT2D eigenvalue weighted by atomic mass is 9.98. The van der Waals surface area contributed by atoms with Crippen molar-refractivity contribution in [2.45, 2.75) is 43.9 Å². The summed E-state index contributed by atoms with van der Waals surface area (Å²) in [5.41, 5.74) is 7.98. The number of benzene rings is 6. The molecule has 0 heterocycles. The first kappa shape index (κ1) is 45.0. The van der Waals surface area contributed by atoms with E-state index in [1.807, 2.05) is 146 Å². The molecule has 0 aromatic heterocycles. The number of carboxylic acids is 2. The van der Waals surface area contributed by atoms with E-state index in [9.17, 15) is 34.2 Å². The molecule has 0 saturated heterocycles. The standard InChI is InChI=1S/C33H30N2O5.C18H20N2O3/c36-31(34-30(32(37)38)19-23-11-3-1-4-12-23)21-35(20-24-13-5-2-6-14-24)33(39)40-22-29-27-17-9-7-15-25(27)26-16-8-10-18-28(26)29;21-17(13-19-12-15-9-5-2-6-10-15)20-16(18(22)23)11-14-7-3-1-4-8-14/h1-18,29-30H,19-22H2,(H,34,36)(H,37,38);1-10,16,19H,11-13H2,(H,20,21)(H,22,23)/t30-;16-/m00/s1. The highest BCUT2D eigenvalue weighted by atomic mass is 16.6.